The standard InChI is InChI=1S/C26H38N2O/c1-3-4-5-6-7-8-11-14-23-16-18-25(19-17-23)26-27-20-24(21-28-26)15-12-9-10-13-22(2)29/h11,14,16-22,29H,3-10,12-13,15H2,1-2H3/b14-11+. The monoisotopic (exact) mass is 394 g/mol. The Morgan fingerprint density at radius 1 is 0.897 bits per heavy atom. The second-order valence-corrected chi connectivity index (χ2v) is 8.09. The Balaban J connectivity index is 1.74. The molecular formula is C26H38N2O. The van der Waals surface area contributed by atoms with E-state index in [1.54, 1.807) is 0 Å². The molecule has 2 rings (SSSR count). The summed E-state index contributed by atoms with van der Waals surface area (Å²) in [5.74, 6) is 0.786. The highest BCUT2D eigenvalue weighted by atomic mass is 16.3. The quantitative estimate of drug-likeness (QED) is 0.351. The predicted molar refractivity (Wildman–Crippen MR) is 124 cm³/mol. The van der Waals surface area contributed by atoms with Crippen molar-refractivity contribution in [3.8, 4) is 11.4 Å². The summed E-state index contributed by atoms with van der Waals surface area (Å²) in [5.41, 5.74) is 3.48. The maximum absolute atomic E-state index is 9.29. The number of rotatable bonds is 14. The highest BCUT2D eigenvalue weighted by Crippen LogP contribution is 2.17. The summed E-state index contributed by atoms with van der Waals surface area (Å²) >= 11 is 0. The average Bonchev–Trinajstić information content (AvgIpc) is 2.74. The Morgan fingerprint density at radius 3 is 2.28 bits per heavy atom. The maximum atomic E-state index is 9.29. The van der Waals surface area contributed by atoms with Crippen LogP contribution >= 0.6 is 0 Å². The number of aliphatic hydroxyl groups is 1. The molecule has 1 N–H and O–H groups in total. The fraction of sp³-hybridized carbons (Fsp3) is 0.538. The molecule has 1 heterocycles. The first-order chi connectivity index (χ1) is 14.2. The summed E-state index contributed by atoms with van der Waals surface area (Å²) in [5, 5.41) is 9.29. The normalized spacial score (nSPS) is 12.5. The molecule has 2 aromatic rings. The summed E-state index contributed by atoms with van der Waals surface area (Å²) in [6.07, 6.45) is 21.3. The van der Waals surface area contributed by atoms with Crippen LogP contribution in [0.2, 0.25) is 0 Å². The third kappa shape index (κ3) is 9.85. The molecule has 29 heavy (non-hydrogen) atoms. The van der Waals surface area contributed by atoms with Crippen molar-refractivity contribution in [1.82, 2.24) is 9.97 Å². The fourth-order valence-electron chi connectivity index (χ4n) is 3.41. The van der Waals surface area contributed by atoms with E-state index in [1.165, 1.54) is 43.2 Å². The van der Waals surface area contributed by atoms with Gasteiger partial charge in [-0.05, 0) is 50.2 Å². The fourth-order valence-corrected chi connectivity index (χ4v) is 3.41. The van der Waals surface area contributed by atoms with E-state index in [2.05, 4.69) is 53.3 Å². The Kier molecular flexibility index (Phi) is 11.3. The van der Waals surface area contributed by atoms with Gasteiger partial charge in [-0.2, -0.15) is 0 Å². The largest absolute Gasteiger partial charge is 0.393 e. The minimum atomic E-state index is -0.185. The van der Waals surface area contributed by atoms with Crippen molar-refractivity contribution in [2.24, 2.45) is 0 Å². The first-order valence-corrected chi connectivity index (χ1v) is 11.4. The molecule has 0 amide bonds. The Bertz CT molecular complexity index is 690. The Hall–Kier alpha value is -2.00. The summed E-state index contributed by atoms with van der Waals surface area (Å²) in [4.78, 5) is 9.10. The highest BCUT2D eigenvalue weighted by molar-refractivity contribution is 5.59. The van der Waals surface area contributed by atoms with Gasteiger partial charge in [0.1, 0.15) is 0 Å². The molecule has 0 saturated heterocycles. The molecule has 1 unspecified atom stereocenters. The second kappa shape index (κ2) is 14.1. The Morgan fingerprint density at radius 2 is 1.59 bits per heavy atom. The van der Waals surface area contributed by atoms with Crippen LogP contribution in [-0.4, -0.2) is 21.2 Å². The van der Waals surface area contributed by atoms with Crippen LogP contribution in [0.3, 0.4) is 0 Å². The summed E-state index contributed by atoms with van der Waals surface area (Å²) in [6.45, 7) is 4.11. The number of aliphatic hydroxyl groups excluding tert-OH is 1. The van der Waals surface area contributed by atoms with Gasteiger partial charge in [0.25, 0.3) is 0 Å². The molecule has 0 aliphatic heterocycles. The maximum Gasteiger partial charge on any atom is 0.159 e. The molecule has 1 aromatic heterocycles. The van der Waals surface area contributed by atoms with Crippen LogP contribution in [-0.2, 0) is 6.42 Å². The lowest BCUT2D eigenvalue weighted by Crippen LogP contribution is -1.98. The number of allylic oxidation sites excluding steroid dienone is 1. The first-order valence-electron chi connectivity index (χ1n) is 11.4. The van der Waals surface area contributed by atoms with Crippen molar-refractivity contribution in [3.05, 3.63) is 53.9 Å². The molecule has 1 aromatic carbocycles. The van der Waals surface area contributed by atoms with Gasteiger partial charge >= 0.3 is 0 Å². The molecule has 158 valence electrons. The number of nitrogens with zero attached hydrogens (tertiary/aromatic N) is 2. The third-order valence-electron chi connectivity index (χ3n) is 5.25. The van der Waals surface area contributed by atoms with Gasteiger partial charge < -0.3 is 5.11 Å². The number of benzene rings is 1. The number of unbranched alkanes of at least 4 members (excludes halogenated alkanes) is 7. The lowest BCUT2D eigenvalue weighted by Gasteiger charge is -2.05. The third-order valence-corrected chi connectivity index (χ3v) is 5.25. The highest BCUT2D eigenvalue weighted by Gasteiger charge is 2.02. The molecule has 3 nitrogen and oxygen atoms in total. The van der Waals surface area contributed by atoms with Gasteiger partial charge in [0, 0.05) is 18.0 Å². The van der Waals surface area contributed by atoms with Crippen LogP contribution in [0.5, 0.6) is 0 Å². The van der Waals surface area contributed by atoms with Crippen molar-refractivity contribution in [2.75, 3.05) is 0 Å². The van der Waals surface area contributed by atoms with E-state index in [1.807, 2.05) is 19.3 Å². The molecule has 0 radical (unpaired) electrons. The zero-order valence-corrected chi connectivity index (χ0v) is 18.3. The van der Waals surface area contributed by atoms with Gasteiger partial charge in [-0.1, -0.05) is 81.9 Å². The van der Waals surface area contributed by atoms with E-state index in [0.29, 0.717) is 0 Å². The number of hydrogen-bond donors (Lipinski definition) is 1. The van der Waals surface area contributed by atoms with Crippen LogP contribution in [0.25, 0.3) is 17.5 Å². The van der Waals surface area contributed by atoms with Crippen LogP contribution in [0.15, 0.2) is 42.7 Å². The van der Waals surface area contributed by atoms with Gasteiger partial charge in [0.2, 0.25) is 0 Å². The molecule has 1 atom stereocenters. The van der Waals surface area contributed by atoms with Gasteiger partial charge in [0.15, 0.2) is 5.82 Å². The van der Waals surface area contributed by atoms with E-state index >= 15 is 0 Å². The molecule has 0 spiro atoms. The summed E-state index contributed by atoms with van der Waals surface area (Å²) in [6, 6.07) is 8.49. The lowest BCUT2D eigenvalue weighted by molar-refractivity contribution is 0.180. The molecule has 0 bridgehead atoms. The van der Waals surface area contributed by atoms with Crippen molar-refractivity contribution in [2.45, 2.75) is 90.6 Å². The van der Waals surface area contributed by atoms with Gasteiger partial charge in [-0.15, -0.1) is 0 Å². The van der Waals surface area contributed by atoms with Crippen molar-refractivity contribution >= 4 is 6.08 Å². The van der Waals surface area contributed by atoms with Crippen LogP contribution in [0.1, 0.15) is 89.2 Å². The minimum absolute atomic E-state index is 0.185. The average molecular weight is 395 g/mol. The lowest BCUT2D eigenvalue weighted by atomic mass is 10.1. The summed E-state index contributed by atoms with van der Waals surface area (Å²) < 4.78 is 0. The zero-order chi connectivity index (χ0) is 20.7. The first kappa shape index (κ1) is 23.3. The molecule has 0 aliphatic carbocycles. The van der Waals surface area contributed by atoms with E-state index in [4.69, 9.17) is 0 Å². The molecule has 0 fully saturated rings. The molecule has 0 saturated carbocycles. The Labute approximate surface area is 177 Å². The van der Waals surface area contributed by atoms with E-state index in [-0.39, 0.29) is 6.10 Å². The summed E-state index contributed by atoms with van der Waals surface area (Å²) in [7, 11) is 0. The number of aryl methyl sites for hydroxylation is 1. The smallest absolute Gasteiger partial charge is 0.159 e. The van der Waals surface area contributed by atoms with E-state index < -0.39 is 0 Å². The molecule has 3 heteroatoms. The molecule has 0 aliphatic rings. The molecular weight excluding hydrogens is 356 g/mol. The zero-order valence-electron chi connectivity index (χ0n) is 18.3. The minimum Gasteiger partial charge on any atom is -0.393 e. The van der Waals surface area contributed by atoms with Crippen molar-refractivity contribution in [3.63, 3.8) is 0 Å². The van der Waals surface area contributed by atoms with Crippen LogP contribution < -0.4 is 0 Å². The predicted octanol–water partition coefficient (Wildman–Crippen LogP) is 7.00. The second-order valence-electron chi connectivity index (χ2n) is 8.09. The van der Waals surface area contributed by atoms with E-state index in [9.17, 15) is 5.11 Å². The van der Waals surface area contributed by atoms with Gasteiger partial charge in [0.05, 0.1) is 6.10 Å². The van der Waals surface area contributed by atoms with Gasteiger partial charge in [-0.25, -0.2) is 9.97 Å². The number of aromatic nitrogens is 2. The number of hydrogen-bond acceptors (Lipinski definition) is 3. The van der Waals surface area contributed by atoms with Gasteiger partial charge in [-0.3, -0.25) is 0 Å². The van der Waals surface area contributed by atoms with Crippen molar-refractivity contribution in [1.29, 1.82) is 0 Å². The topological polar surface area (TPSA) is 46.0 Å². The van der Waals surface area contributed by atoms with Crippen LogP contribution in [0, 0.1) is 0 Å². The van der Waals surface area contributed by atoms with Crippen molar-refractivity contribution < 1.29 is 5.11 Å². The van der Waals surface area contributed by atoms with Crippen LogP contribution in [0.4, 0.5) is 0 Å². The van der Waals surface area contributed by atoms with E-state index in [0.717, 1.165) is 49.9 Å². The SMILES string of the molecule is CCCCCCC/C=C/c1ccc(-c2ncc(CCCCCC(C)O)cn2)cc1.